The molecule has 2 aromatic heterocycles. The lowest BCUT2D eigenvalue weighted by atomic mass is 9.85. The van der Waals surface area contributed by atoms with Crippen LogP contribution in [0, 0.1) is 12.8 Å². The molecule has 0 bridgehead atoms. The minimum atomic E-state index is 0.0331. The molecule has 1 N–H and O–H groups in total. The van der Waals surface area contributed by atoms with Crippen LogP contribution in [0.15, 0.2) is 30.6 Å². The monoisotopic (exact) mass is 395 g/mol. The van der Waals surface area contributed by atoms with E-state index in [2.05, 4.69) is 45.3 Å². The van der Waals surface area contributed by atoms with Gasteiger partial charge >= 0.3 is 0 Å². The Labute approximate surface area is 169 Å². The van der Waals surface area contributed by atoms with E-state index in [1.807, 2.05) is 25.3 Å². The number of hydrogen-bond acceptors (Lipinski definition) is 6. The second kappa shape index (κ2) is 7.93. The van der Waals surface area contributed by atoms with Crippen LogP contribution in [-0.4, -0.2) is 45.9 Å². The molecule has 4 rings (SSSR count). The third kappa shape index (κ3) is 4.05. The van der Waals surface area contributed by atoms with Gasteiger partial charge in [-0.2, -0.15) is 0 Å². The van der Waals surface area contributed by atoms with Crippen molar-refractivity contribution in [2.75, 3.05) is 19.4 Å². The minimum Gasteiger partial charge on any atom is -0.306 e. The molecule has 0 atom stereocenters. The van der Waals surface area contributed by atoms with Gasteiger partial charge in [-0.25, -0.2) is 15.0 Å². The molecule has 1 fully saturated rings. The summed E-state index contributed by atoms with van der Waals surface area (Å²) in [5.74, 6) is 0.456. The van der Waals surface area contributed by atoms with Gasteiger partial charge in [0.25, 0.3) is 0 Å². The van der Waals surface area contributed by atoms with Gasteiger partial charge in [-0.05, 0) is 58.3 Å². The van der Waals surface area contributed by atoms with Crippen LogP contribution in [0.4, 0.5) is 5.95 Å². The zero-order valence-electron chi connectivity index (χ0n) is 16.5. The number of aromatic nitrogens is 3. The van der Waals surface area contributed by atoms with E-state index in [9.17, 15) is 4.79 Å². The number of carbonyl (C=O) groups is 1. The minimum absolute atomic E-state index is 0.0331. The lowest BCUT2D eigenvalue weighted by Gasteiger charge is -2.31. The van der Waals surface area contributed by atoms with E-state index in [4.69, 9.17) is 0 Å². The number of nitrogens with zero attached hydrogens (tertiary/aromatic N) is 4. The van der Waals surface area contributed by atoms with Gasteiger partial charge in [-0.3, -0.25) is 10.1 Å². The third-order valence-corrected chi connectivity index (χ3v) is 6.48. The number of thiazole rings is 1. The average molecular weight is 396 g/mol. The highest BCUT2D eigenvalue weighted by atomic mass is 32.1. The fourth-order valence-electron chi connectivity index (χ4n) is 3.80. The highest BCUT2D eigenvalue weighted by Crippen LogP contribution is 2.29. The highest BCUT2D eigenvalue weighted by molar-refractivity contribution is 7.15. The van der Waals surface area contributed by atoms with Gasteiger partial charge in [0, 0.05) is 29.7 Å². The van der Waals surface area contributed by atoms with E-state index >= 15 is 0 Å². The van der Waals surface area contributed by atoms with Crippen molar-refractivity contribution in [1.29, 1.82) is 0 Å². The van der Waals surface area contributed by atoms with Crippen LogP contribution in [-0.2, 0) is 4.79 Å². The molecule has 1 aliphatic rings. The van der Waals surface area contributed by atoms with Crippen molar-refractivity contribution in [2.45, 2.75) is 38.6 Å². The lowest BCUT2D eigenvalue weighted by molar-refractivity contribution is -0.121. The summed E-state index contributed by atoms with van der Waals surface area (Å²) in [6, 6.07) is 6.67. The first-order valence-electron chi connectivity index (χ1n) is 9.66. The number of benzene rings is 1. The predicted molar refractivity (Wildman–Crippen MR) is 113 cm³/mol. The Bertz CT molecular complexity index is 991. The number of nitrogens with one attached hydrogen (secondary N) is 1. The van der Waals surface area contributed by atoms with Crippen LogP contribution < -0.4 is 5.32 Å². The van der Waals surface area contributed by atoms with E-state index in [1.54, 1.807) is 17.5 Å². The molecular weight excluding hydrogens is 370 g/mol. The van der Waals surface area contributed by atoms with Crippen LogP contribution in [0.2, 0.25) is 0 Å². The number of anilines is 1. The zero-order valence-corrected chi connectivity index (χ0v) is 17.3. The van der Waals surface area contributed by atoms with Gasteiger partial charge in [0.15, 0.2) is 0 Å². The Morgan fingerprint density at radius 1 is 1.14 bits per heavy atom. The number of rotatable bonds is 4. The Kier molecular flexibility index (Phi) is 5.37. The van der Waals surface area contributed by atoms with E-state index in [0.29, 0.717) is 12.0 Å². The second-order valence-corrected chi connectivity index (χ2v) is 8.90. The standard InChI is InChI=1S/C21H25N5OS/c1-13-22-12-19(28-13)15-4-5-16-11-23-21(24-18(16)10-15)25-20(27)14-6-8-17(9-7-14)26(2)3/h4-5,10-12,14,17H,6-9H2,1-3H3,(H,23,24,25,27). The first-order valence-corrected chi connectivity index (χ1v) is 10.5. The molecule has 0 spiro atoms. The normalized spacial score (nSPS) is 19.9. The fourth-order valence-corrected chi connectivity index (χ4v) is 4.57. The Hall–Kier alpha value is -2.38. The molecule has 2 heterocycles. The number of fused-ring (bicyclic) bond motifs is 1. The van der Waals surface area contributed by atoms with E-state index < -0.39 is 0 Å². The van der Waals surface area contributed by atoms with E-state index in [0.717, 1.165) is 52.0 Å². The third-order valence-electron chi connectivity index (χ3n) is 5.52. The van der Waals surface area contributed by atoms with Gasteiger partial charge in [0.2, 0.25) is 11.9 Å². The predicted octanol–water partition coefficient (Wildman–Crippen LogP) is 4.12. The molecule has 1 aromatic carbocycles. The molecular formula is C21H25N5OS. The summed E-state index contributed by atoms with van der Waals surface area (Å²) in [5, 5.41) is 4.92. The van der Waals surface area contributed by atoms with Gasteiger partial charge < -0.3 is 4.90 Å². The molecule has 1 saturated carbocycles. The fraction of sp³-hybridized carbons (Fsp3) is 0.429. The van der Waals surface area contributed by atoms with Crippen molar-refractivity contribution in [1.82, 2.24) is 19.9 Å². The zero-order chi connectivity index (χ0) is 19.7. The van der Waals surface area contributed by atoms with Crippen molar-refractivity contribution in [2.24, 2.45) is 5.92 Å². The summed E-state index contributed by atoms with van der Waals surface area (Å²) >= 11 is 1.66. The van der Waals surface area contributed by atoms with E-state index in [1.165, 1.54) is 0 Å². The summed E-state index contributed by atoms with van der Waals surface area (Å²) in [5.41, 5.74) is 1.90. The van der Waals surface area contributed by atoms with Gasteiger partial charge in [0.05, 0.1) is 15.4 Å². The van der Waals surface area contributed by atoms with Crippen LogP contribution in [0.1, 0.15) is 30.7 Å². The van der Waals surface area contributed by atoms with Crippen molar-refractivity contribution < 1.29 is 4.79 Å². The average Bonchev–Trinajstić information content (AvgIpc) is 3.14. The van der Waals surface area contributed by atoms with Gasteiger partial charge in [-0.1, -0.05) is 12.1 Å². The molecule has 146 valence electrons. The molecule has 1 aliphatic carbocycles. The van der Waals surface area contributed by atoms with Crippen molar-refractivity contribution in [3.63, 3.8) is 0 Å². The number of hydrogen-bond donors (Lipinski definition) is 1. The summed E-state index contributed by atoms with van der Waals surface area (Å²) < 4.78 is 0. The number of aryl methyl sites for hydroxylation is 1. The van der Waals surface area contributed by atoms with E-state index in [-0.39, 0.29) is 11.8 Å². The molecule has 28 heavy (non-hydrogen) atoms. The van der Waals surface area contributed by atoms with Crippen molar-refractivity contribution in [3.8, 4) is 10.4 Å². The Balaban J connectivity index is 1.49. The van der Waals surface area contributed by atoms with Crippen LogP contribution >= 0.6 is 11.3 Å². The van der Waals surface area contributed by atoms with Crippen LogP contribution in [0.3, 0.4) is 0 Å². The maximum absolute atomic E-state index is 12.7. The Morgan fingerprint density at radius 2 is 1.93 bits per heavy atom. The molecule has 0 saturated heterocycles. The topological polar surface area (TPSA) is 71.0 Å². The van der Waals surface area contributed by atoms with Gasteiger partial charge in [-0.15, -0.1) is 11.3 Å². The molecule has 1 amide bonds. The first kappa shape index (κ1) is 19.0. The van der Waals surface area contributed by atoms with Crippen LogP contribution in [0.5, 0.6) is 0 Å². The van der Waals surface area contributed by atoms with Gasteiger partial charge in [0.1, 0.15) is 0 Å². The van der Waals surface area contributed by atoms with Crippen molar-refractivity contribution >= 4 is 34.1 Å². The molecule has 0 aliphatic heterocycles. The maximum atomic E-state index is 12.7. The molecule has 0 radical (unpaired) electrons. The lowest BCUT2D eigenvalue weighted by Crippen LogP contribution is -2.35. The first-order chi connectivity index (χ1) is 13.5. The smallest absolute Gasteiger partial charge is 0.229 e. The summed E-state index contributed by atoms with van der Waals surface area (Å²) in [4.78, 5) is 29.3. The molecule has 7 heteroatoms. The SMILES string of the molecule is Cc1ncc(-c2ccc3cnc(NC(=O)C4CCC(N(C)C)CC4)nc3c2)s1. The second-order valence-electron chi connectivity index (χ2n) is 7.67. The summed E-state index contributed by atoms with van der Waals surface area (Å²) in [6.07, 6.45) is 7.59. The number of amides is 1. The molecule has 3 aromatic rings. The Morgan fingerprint density at radius 3 is 2.61 bits per heavy atom. The van der Waals surface area contributed by atoms with Crippen LogP contribution in [0.25, 0.3) is 21.3 Å². The largest absolute Gasteiger partial charge is 0.306 e. The van der Waals surface area contributed by atoms with Crippen molar-refractivity contribution in [3.05, 3.63) is 35.6 Å². The number of carbonyl (C=O) groups excluding carboxylic acids is 1. The highest BCUT2D eigenvalue weighted by Gasteiger charge is 2.27. The molecule has 0 unspecified atom stereocenters. The summed E-state index contributed by atoms with van der Waals surface area (Å²) in [6.45, 7) is 2.00. The quantitative estimate of drug-likeness (QED) is 0.719. The maximum Gasteiger partial charge on any atom is 0.229 e. The molecule has 6 nitrogen and oxygen atoms in total. The summed E-state index contributed by atoms with van der Waals surface area (Å²) in [7, 11) is 4.21.